The van der Waals surface area contributed by atoms with Crippen molar-refractivity contribution in [1.29, 1.82) is 0 Å². The van der Waals surface area contributed by atoms with Gasteiger partial charge in [-0.2, -0.15) is 0 Å². The van der Waals surface area contributed by atoms with E-state index in [0.29, 0.717) is 47.1 Å². The maximum atomic E-state index is 12.3. The van der Waals surface area contributed by atoms with Crippen LogP contribution in [0.25, 0.3) is 10.9 Å². The smallest absolute Gasteiger partial charge is 0.356 e. The lowest BCUT2D eigenvalue weighted by molar-refractivity contribution is -0.118. The van der Waals surface area contributed by atoms with Crippen LogP contribution >= 0.6 is 0 Å². The van der Waals surface area contributed by atoms with Gasteiger partial charge in [0.2, 0.25) is 0 Å². The van der Waals surface area contributed by atoms with Gasteiger partial charge in [0.15, 0.2) is 23.8 Å². The summed E-state index contributed by atoms with van der Waals surface area (Å²) >= 11 is 0. The zero-order valence-electron chi connectivity index (χ0n) is 15.6. The Morgan fingerprint density at radius 3 is 2.69 bits per heavy atom. The number of hydrogen-bond donors (Lipinski definition) is 1. The van der Waals surface area contributed by atoms with Crippen molar-refractivity contribution in [2.75, 3.05) is 32.2 Å². The third-order valence-corrected chi connectivity index (χ3v) is 4.26. The van der Waals surface area contributed by atoms with Gasteiger partial charge < -0.3 is 24.3 Å². The van der Waals surface area contributed by atoms with Crippen LogP contribution in [0.4, 0.5) is 5.69 Å². The summed E-state index contributed by atoms with van der Waals surface area (Å²) in [6.07, 6.45) is 0. The zero-order chi connectivity index (χ0) is 20.2. The summed E-state index contributed by atoms with van der Waals surface area (Å²) in [6.45, 7) is 0.716. The monoisotopic (exact) mass is 394 g/mol. The molecular formula is C21H18N2O6. The van der Waals surface area contributed by atoms with E-state index in [4.69, 9.17) is 18.9 Å². The Balaban J connectivity index is 1.49. The van der Waals surface area contributed by atoms with Crippen LogP contribution in [0.15, 0.2) is 48.5 Å². The highest BCUT2D eigenvalue weighted by atomic mass is 16.6. The minimum atomic E-state index is -0.582. The molecule has 0 unspecified atom stereocenters. The molecule has 0 aliphatic carbocycles. The van der Waals surface area contributed by atoms with Gasteiger partial charge in [-0.1, -0.05) is 12.1 Å². The molecule has 0 bridgehead atoms. The molecule has 4 rings (SSSR count). The van der Waals surface area contributed by atoms with E-state index in [-0.39, 0.29) is 18.2 Å². The SMILES string of the molecule is COC(=O)c1cc(OCC(=O)Nc2ccc3c(c2)OCCO3)c2ccccc2n1. The minimum Gasteiger partial charge on any atom is -0.486 e. The molecule has 148 valence electrons. The fourth-order valence-corrected chi connectivity index (χ4v) is 2.93. The first-order valence-electron chi connectivity index (χ1n) is 8.94. The van der Waals surface area contributed by atoms with Crippen LogP contribution in [0.5, 0.6) is 17.2 Å². The van der Waals surface area contributed by atoms with Gasteiger partial charge in [0, 0.05) is 23.2 Å². The topological polar surface area (TPSA) is 96.0 Å². The van der Waals surface area contributed by atoms with E-state index in [1.807, 2.05) is 6.07 Å². The van der Waals surface area contributed by atoms with E-state index in [9.17, 15) is 9.59 Å². The molecule has 0 radical (unpaired) electrons. The summed E-state index contributed by atoms with van der Waals surface area (Å²) in [5.74, 6) is 0.652. The molecule has 29 heavy (non-hydrogen) atoms. The number of carbonyl (C=O) groups is 2. The van der Waals surface area contributed by atoms with E-state index in [1.165, 1.54) is 13.2 Å². The van der Waals surface area contributed by atoms with Gasteiger partial charge in [-0.25, -0.2) is 9.78 Å². The second kappa shape index (κ2) is 8.05. The predicted octanol–water partition coefficient (Wildman–Crippen LogP) is 2.81. The van der Waals surface area contributed by atoms with Crippen molar-refractivity contribution >= 4 is 28.5 Å². The Bertz CT molecular complexity index is 1080. The first kappa shape index (κ1) is 18.5. The maximum absolute atomic E-state index is 12.3. The van der Waals surface area contributed by atoms with Crippen LogP contribution in [0.2, 0.25) is 0 Å². The number of rotatable bonds is 5. The lowest BCUT2D eigenvalue weighted by Crippen LogP contribution is -2.21. The number of methoxy groups -OCH3 is 1. The van der Waals surface area contributed by atoms with E-state index in [1.54, 1.807) is 36.4 Å². The largest absolute Gasteiger partial charge is 0.486 e. The Hall–Kier alpha value is -3.81. The summed E-state index contributed by atoms with van der Waals surface area (Å²) in [6, 6.07) is 13.8. The average molecular weight is 394 g/mol. The number of pyridine rings is 1. The van der Waals surface area contributed by atoms with Gasteiger partial charge in [0.1, 0.15) is 19.0 Å². The van der Waals surface area contributed by atoms with Crippen molar-refractivity contribution in [2.45, 2.75) is 0 Å². The molecule has 2 aromatic carbocycles. The molecule has 1 aromatic heterocycles. The number of amides is 1. The Kier molecular flexibility index (Phi) is 5.15. The van der Waals surface area contributed by atoms with Crippen molar-refractivity contribution in [3.63, 3.8) is 0 Å². The predicted molar refractivity (Wildman–Crippen MR) is 105 cm³/mol. The minimum absolute atomic E-state index is 0.105. The summed E-state index contributed by atoms with van der Waals surface area (Å²) in [4.78, 5) is 28.5. The Morgan fingerprint density at radius 2 is 1.86 bits per heavy atom. The van der Waals surface area contributed by atoms with Crippen LogP contribution in [0, 0.1) is 0 Å². The van der Waals surface area contributed by atoms with Crippen LogP contribution in [0.3, 0.4) is 0 Å². The summed E-state index contributed by atoms with van der Waals surface area (Å²) in [5, 5.41) is 3.44. The Labute approximate surface area is 166 Å². The lowest BCUT2D eigenvalue weighted by atomic mass is 10.2. The van der Waals surface area contributed by atoms with E-state index in [2.05, 4.69) is 10.3 Å². The standard InChI is InChI=1S/C21H18N2O6/c1-26-21(25)16-11-18(14-4-2-3-5-15(14)23-16)29-12-20(24)22-13-6-7-17-19(10-13)28-9-8-27-17/h2-7,10-11H,8-9,12H2,1H3,(H,22,24). The highest BCUT2D eigenvalue weighted by Crippen LogP contribution is 2.32. The summed E-state index contributed by atoms with van der Waals surface area (Å²) in [7, 11) is 1.28. The van der Waals surface area contributed by atoms with Gasteiger partial charge in [-0.3, -0.25) is 4.79 Å². The number of anilines is 1. The molecule has 3 aromatic rings. The quantitative estimate of drug-likeness (QED) is 0.665. The summed E-state index contributed by atoms with van der Waals surface area (Å²) in [5.41, 5.74) is 1.24. The van der Waals surface area contributed by atoms with Crippen molar-refractivity contribution in [2.24, 2.45) is 0 Å². The number of hydrogen-bond acceptors (Lipinski definition) is 7. The first-order chi connectivity index (χ1) is 14.1. The molecule has 0 fully saturated rings. The second-order valence-electron chi connectivity index (χ2n) is 6.21. The number of nitrogens with one attached hydrogen (secondary N) is 1. The molecule has 0 saturated heterocycles. The molecule has 0 saturated carbocycles. The lowest BCUT2D eigenvalue weighted by Gasteiger charge is -2.19. The number of esters is 1. The van der Waals surface area contributed by atoms with Crippen LogP contribution in [-0.4, -0.2) is 43.8 Å². The number of nitrogens with zero attached hydrogens (tertiary/aromatic N) is 1. The highest BCUT2D eigenvalue weighted by molar-refractivity contribution is 5.95. The van der Waals surface area contributed by atoms with E-state index in [0.717, 1.165) is 0 Å². The zero-order valence-corrected chi connectivity index (χ0v) is 15.6. The number of ether oxygens (including phenoxy) is 4. The third-order valence-electron chi connectivity index (χ3n) is 4.26. The number of benzene rings is 2. The molecule has 0 atom stereocenters. The molecule has 1 N–H and O–H groups in total. The van der Waals surface area contributed by atoms with Crippen molar-refractivity contribution < 1.29 is 28.5 Å². The molecule has 2 heterocycles. The average Bonchev–Trinajstić information content (AvgIpc) is 2.76. The maximum Gasteiger partial charge on any atom is 0.356 e. The van der Waals surface area contributed by atoms with Crippen LogP contribution in [0.1, 0.15) is 10.5 Å². The van der Waals surface area contributed by atoms with E-state index < -0.39 is 5.97 Å². The van der Waals surface area contributed by atoms with Gasteiger partial charge in [0.25, 0.3) is 5.91 Å². The molecule has 1 aliphatic heterocycles. The van der Waals surface area contributed by atoms with Crippen molar-refractivity contribution in [3.8, 4) is 17.2 Å². The summed E-state index contributed by atoms with van der Waals surface area (Å²) < 4.78 is 21.4. The fourth-order valence-electron chi connectivity index (χ4n) is 2.93. The second-order valence-corrected chi connectivity index (χ2v) is 6.21. The van der Waals surface area contributed by atoms with Crippen molar-refractivity contribution in [1.82, 2.24) is 4.98 Å². The molecule has 8 nitrogen and oxygen atoms in total. The number of aromatic nitrogens is 1. The van der Waals surface area contributed by atoms with Crippen LogP contribution < -0.4 is 19.5 Å². The number of fused-ring (bicyclic) bond motifs is 2. The molecular weight excluding hydrogens is 376 g/mol. The third kappa shape index (κ3) is 4.06. The van der Waals surface area contributed by atoms with Gasteiger partial charge in [-0.05, 0) is 24.3 Å². The molecule has 1 aliphatic rings. The highest BCUT2D eigenvalue weighted by Gasteiger charge is 2.15. The number of para-hydroxylation sites is 1. The Morgan fingerprint density at radius 1 is 1.07 bits per heavy atom. The molecule has 1 amide bonds. The normalized spacial score (nSPS) is 12.3. The van der Waals surface area contributed by atoms with Gasteiger partial charge in [0.05, 0.1) is 12.6 Å². The van der Waals surface area contributed by atoms with Gasteiger partial charge in [-0.15, -0.1) is 0 Å². The van der Waals surface area contributed by atoms with Crippen LogP contribution in [-0.2, 0) is 9.53 Å². The van der Waals surface area contributed by atoms with E-state index >= 15 is 0 Å². The molecule has 0 spiro atoms. The first-order valence-corrected chi connectivity index (χ1v) is 8.94. The van der Waals surface area contributed by atoms with Crippen molar-refractivity contribution in [3.05, 3.63) is 54.2 Å². The fraction of sp³-hybridized carbons (Fsp3) is 0.190. The van der Waals surface area contributed by atoms with Gasteiger partial charge >= 0.3 is 5.97 Å². The number of carbonyl (C=O) groups excluding carboxylic acids is 2. The molecule has 8 heteroatoms.